The molecule has 5 aromatic rings. The summed E-state index contributed by atoms with van der Waals surface area (Å²) >= 11 is 3.40. The average molecular weight is 785 g/mol. The number of hydrogen-bond donors (Lipinski definition) is 5. The maximum atomic E-state index is 13.6. The predicted molar refractivity (Wildman–Crippen MR) is 214 cm³/mol. The normalized spacial score (nSPS) is 18.4. The summed E-state index contributed by atoms with van der Waals surface area (Å²) in [6, 6.07) is 6.70. The van der Waals surface area contributed by atoms with Crippen molar-refractivity contribution in [1.82, 2.24) is 40.4 Å². The van der Waals surface area contributed by atoms with E-state index in [0.29, 0.717) is 18.9 Å². The molecule has 4 amide bonds. The van der Waals surface area contributed by atoms with Gasteiger partial charge in [-0.1, -0.05) is 52.0 Å². The fraction of sp³-hybridized carbons (Fsp3) is 0.450. The van der Waals surface area contributed by atoms with Crippen LogP contribution in [0.2, 0.25) is 0 Å². The lowest BCUT2D eigenvalue weighted by Crippen LogP contribution is -2.51. The fourth-order valence-corrected chi connectivity index (χ4v) is 10.2. The number of nitrogens with one attached hydrogen (secondary N) is 4. The number of fused-ring (bicyclic) bond motifs is 1. The van der Waals surface area contributed by atoms with Crippen LogP contribution in [0.1, 0.15) is 84.0 Å². The van der Waals surface area contributed by atoms with E-state index in [1.165, 1.54) is 16.3 Å². The largest absolute Gasteiger partial charge is 0.387 e. The Morgan fingerprint density at radius 2 is 1.25 bits per heavy atom. The first-order chi connectivity index (χ1) is 26.4. The number of aromatic amines is 2. The average Bonchev–Trinajstić information content (AvgIpc) is 4.01. The minimum atomic E-state index is -0.720. The molecule has 0 spiro atoms. The standard InChI is InChI=1S/C40H48N8O5S2/c1-21(2)33(43-23(5)50)39(52)47-14-7-9-31(47)38-42-17-29(45-38)27-20-55-35-26(19-54-36(27)35)24-10-12-25(13-11-24)28-16-41-37(44-28)30-8-6-15-48(30)40(53)34(22(3)4)46-32(51)18-49/h10-13,16-17,19-22,30-31,33-34,49H,6-9,14-15,18H2,1-5H3,(H,41,44)(H,42,45)(H,43,50)(H,46,51)/t30?,31?,33-,34-/m0/s1. The molecule has 13 nitrogen and oxygen atoms in total. The van der Waals surface area contributed by atoms with Crippen molar-refractivity contribution in [2.75, 3.05) is 19.7 Å². The van der Waals surface area contributed by atoms with Gasteiger partial charge < -0.3 is 35.5 Å². The highest BCUT2D eigenvalue weighted by Crippen LogP contribution is 2.44. The van der Waals surface area contributed by atoms with Crippen molar-refractivity contribution in [2.45, 2.75) is 84.5 Å². The number of carbonyl (C=O) groups excluding carboxylic acids is 4. The lowest BCUT2D eigenvalue weighted by Gasteiger charge is -2.30. The maximum Gasteiger partial charge on any atom is 0.246 e. The summed E-state index contributed by atoms with van der Waals surface area (Å²) in [4.78, 5) is 70.9. The fourth-order valence-electron chi connectivity index (χ4n) is 7.78. The molecule has 2 fully saturated rings. The molecule has 0 aliphatic carbocycles. The maximum absolute atomic E-state index is 13.6. The molecular weight excluding hydrogens is 737 g/mol. The Balaban J connectivity index is 1.05. The highest BCUT2D eigenvalue weighted by Gasteiger charge is 2.38. The van der Waals surface area contributed by atoms with Gasteiger partial charge in [-0.3, -0.25) is 19.2 Å². The Hall–Kier alpha value is -4.86. The number of aromatic nitrogens is 4. The highest BCUT2D eigenvalue weighted by atomic mass is 32.1. The Labute approximate surface area is 327 Å². The lowest BCUT2D eigenvalue weighted by atomic mass is 10.0. The van der Waals surface area contributed by atoms with E-state index in [4.69, 9.17) is 4.98 Å². The summed E-state index contributed by atoms with van der Waals surface area (Å²) in [6.07, 6.45) is 6.95. The molecule has 290 valence electrons. The second kappa shape index (κ2) is 16.1. The number of H-pyrrole nitrogens is 2. The van der Waals surface area contributed by atoms with Gasteiger partial charge in [0.15, 0.2) is 0 Å². The highest BCUT2D eigenvalue weighted by molar-refractivity contribution is 7.27. The van der Waals surface area contributed by atoms with Gasteiger partial charge in [-0.15, -0.1) is 22.7 Å². The number of aliphatic hydroxyl groups excluding tert-OH is 1. The number of likely N-dealkylation sites (tertiary alicyclic amines) is 2. The molecule has 2 aliphatic heterocycles. The molecule has 55 heavy (non-hydrogen) atoms. The van der Waals surface area contributed by atoms with Crippen LogP contribution in [0.5, 0.6) is 0 Å². The number of amides is 4. The van der Waals surface area contributed by atoms with Crippen molar-refractivity contribution >= 4 is 55.7 Å². The van der Waals surface area contributed by atoms with E-state index in [-0.39, 0.29) is 41.6 Å². The van der Waals surface area contributed by atoms with Gasteiger partial charge >= 0.3 is 0 Å². The zero-order valence-electron chi connectivity index (χ0n) is 31.7. The van der Waals surface area contributed by atoms with Crippen LogP contribution in [-0.2, 0) is 19.2 Å². The monoisotopic (exact) mass is 784 g/mol. The first-order valence-electron chi connectivity index (χ1n) is 18.9. The van der Waals surface area contributed by atoms with Crippen LogP contribution >= 0.6 is 22.7 Å². The van der Waals surface area contributed by atoms with Crippen molar-refractivity contribution in [3.05, 3.63) is 59.1 Å². The molecule has 0 radical (unpaired) electrons. The molecule has 2 unspecified atom stereocenters. The molecular formula is C40H48N8O5S2. The van der Waals surface area contributed by atoms with Gasteiger partial charge in [0.1, 0.15) is 30.3 Å². The van der Waals surface area contributed by atoms with E-state index in [1.54, 1.807) is 33.8 Å². The summed E-state index contributed by atoms with van der Waals surface area (Å²) in [7, 11) is 0. The van der Waals surface area contributed by atoms with E-state index < -0.39 is 24.6 Å². The minimum Gasteiger partial charge on any atom is -0.387 e. The van der Waals surface area contributed by atoms with Crippen molar-refractivity contribution in [1.29, 1.82) is 0 Å². The van der Waals surface area contributed by atoms with E-state index in [9.17, 15) is 24.3 Å². The van der Waals surface area contributed by atoms with E-state index in [1.807, 2.05) is 38.8 Å². The number of nitrogens with zero attached hydrogens (tertiary/aromatic N) is 4. The summed E-state index contributed by atoms with van der Waals surface area (Å²) < 4.78 is 2.37. The summed E-state index contributed by atoms with van der Waals surface area (Å²) in [5.41, 5.74) is 6.10. The topological polar surface area (TPSA) is 176 Å². The SMILES string of the molecule is CC(=O)N[C@H](C(=O)N1CCCC1c1ncc(-c2csc3c(-c4ccc(-c5cnc(C6CCCN6C(=O)[C@@H](NC(=O)CO)C(C)C)[nH]5)cc4)csc23)[nH]1)C(C)C. The molecule has 4 atom stereocenters. The van der Waals surface area contributed by atoms with Crippen LogP contribution in [0.15, 0.2) is 47.4 Å². The third-order valence-corrected chi connectivity index (χ3v) is 12.8. The molecule has 7 rings (SSSR count). The number of hydrogen-bond acceptors (Lipinski definition) is 9. The zero-order chi connectivity index (χ0) is 39.0. The van der Waals surface area contributed by atoms with Gasteiger partial charge in [-0.25, -0.2) is 9.97 Å². The second-order valence-corrected chi connectivity index (χ2v) is 16.9. The van der Waals surface area contributed by atoms with Gasteiger partial charge in [0.25, 0.3) is 0 Å². The number of benzene rings is 1. The zero-order valence-corrected chi connectivity index (χ0v) is 33.4. The van der Waals surface area contributed by atoms with Gasteiger partial charge in [-0.2, -0.15) is 0 Å². The van der Waals surface area contributed by atoms with Crippen LogP contribution < -0.4 is 10.6 Å². The van der Waals surface area contributed by atoms with Crippen LogP contribution in [0.4, 0.5) is 0 Å². The van der Waals surface area contributed by atoms with Gasteiger partial charge in [0.2, 0.25) is 23.6 Å². The molecule has 15 heteroatoms. The predicted octanol–water partition coefficient (Wildman–Crippen LogP) is 6.03. The van der Waals surface area contributed by atoms with E-state index in [0.717, 1.165) is 65.1 Å². The summed E-state index contributed by atoms with van der Waals surface area (Å²) in [6.45, 7) is 9.64. The van der Waals surface area contributed by atoms with Gasteiger partial charge in [-0.05, 0) is 48.6 Å². The van der Waals surface area contributed by atoms with Crippen LogP contribution in [0.25, 0.3) is 43.0 Å². The second-order valence-electron chi connectivity index (χ2n) is 15.1. The molecule has 5 N–H and O–H groups in total. The van der Waals surface area contributed by atoms with Crippen molar-refractivity contribution in [3.63, 3.8) is 0 Å². The Morgan fingerprint density at radius 3 is 1.80 bits per heavy atom. The first-order valence-corrected chi connectivity index (χ1v) is 20.7. The Kier molecular flexibility index (Phi) is 11.2. The third-order valence-electron chi connectivity index (χ3n) is 10.7. The van der Waals surface area contributed by atoms with E-state index in [2.05, 4.69) is 60.6 Å². The number of rotatable bonds is 12. The molecule has 4 aromatic heterocycles. The van der Waals surface area contributed by atoms with Gasteiger partial charge in [0.05, 0.1) is 45.3 Å². The van der Waals surface area contributed by atoms with Gasteiger partial charge in [0, 0.05) is 41.9 Å². The van der Waals surface area contributed by atoms with Crippen molar-refractivity contribution in [2.24, 2.45) is 11.8 Å². The summed E-state index contributed by atoms with van der Waals surface area (Å²) in [5, 5.41) is 19.1. The molecule has 6 heterocycles. The number of aliphatic hydroxyl groups is 1. The number of thiophene rings is 2. The third kappa shape index (κ3) is 7.69. The molecule has 0 bridgehead atoms. The summed E-state index contributed by atoms with van der Waals surface area (Å²) in [5.74, 6) is 0.301. The smallest absolute Gasteiger partial charge is 0.246 e. The van der Waals surface area contributed by atoms with Crippen LogP contribution in [-0.4, -0.2) is 90.3 Å². The van der Waals surface area contributed by atoms with Crippen LogP contribution in [0.3, 0.4) is 0 Å². The van der Waals surface area contributed by atoms with Crippen molar-refractivity contribution in [3.8, 4) is 33.6 Å². The molecule has 0 saturated carbocycles. The molecule has 1 aromatic carbocycles. The Morgan fingerprint density at radius 1 is 0.764 bits per heavy atom. The lowest BCUT2D eigenvalue weighted by molar-refractivity contribution is -0.139. The number of imidazole rings is 2. The van der Waals surface area contributed by atoms with E-state index >= 15 is 0 Å². The van der Waals surface area contributed by atoms with Crippen molar-refractivity contribution < 1.29 is 24.3 Å². The Bertz CT molecular complexity index is 2180. The number of carbonyl (C=O) groups is 4. The first kappa shape index (κ1) is 38.4. The van der Waals surface area contributed by atoms with Crippen LogP contribution in [0, 0.1) is 11.8 Å². The molecule has 2 aliphatic rings. The molecule has 2 saturated heterocycles. The minimum absolute atomic E-state index is 0.0294. The quantitative estimate of drug-likeness (QED) is 0.103.